The summed E-state index contributed by atoms with van der Waals surface area (Å²) in [5.74, 6) is 1.60. The summed E-state index contributed by atoms with van der Waals surface area (Å²) >= 11 is 0. The van der Waals surface area contributed by atoms with Crippen LogP contribution in [0.4, 0.5) is 5.82 Å². The van der Waals surface area contributed by atoms with E-state index in [9.17, 15) is 4.79 Å². The zero-order valence-corrected chi connectivity index (χ0v) is 10.9. The van der Waals surface area contributed by atoms with Crippen LogP contribution in [0.3, 0.4) is 0 Å². The summed E-state index contributed by atoms with van der Waals surface area (Å²) in [6.45, 7) is 1.48. The van der Waals surface area contributed by atoms with Crippen LogP contribution in [0.1, 0.15) is 50.8 Å². The molecule has 19 heavy (non-hydrogen) atoms. The fraction of sp³-hybridized carbons (Fsp3) is 0.538. The minimum atomic E-state index is -0.135. The zero-order chi connectivity index (χ0) is 13.2. The summed E-state index contributed by atoms with van der Waals surface area (Å²) < 4.78 is 0. The number of fused-ring (bicyclic) bond motifs is 1. The Morgan fingerprint density at radius 3 is 2.84 bits per heavy atom. The number of aromatic amines is 1. The third-order valence-corrected chi connectivity index (χ3v) is 3.57. The summed E-state index contributed by atoms with van der Waals surface area (Å²) in [5, 5.41) is 2.75. The van der Waals surface area contributed by atoms with Crippen LogP contribution in [0, 0.1) is 0 Å². The minimum Gasteiger partial charge on any atom is -0.340 e. The molecular formula is C13H17N5O. The monoisotopic (exact) mass is 259 g/mol. The van der Waals surface area contributed by atoms with Crippen LogP contribution in [0.25, 0.3) is 11.2 Å². The van der Waals surface area contributed by atoms with Gasteiger partial charge in [-0.2, -0.15) is 0 Å². The van der Waals surface area contributed by atoms with Crippen LogP contribution in [-0.2, 0) is 4.79 Å². The lowest BCUT2D eigenvalue weighted by atomic mass is 9.89. The molecule has 1 aliphatic carbocycles. The van der Waals surface area contributed by atoms with E-state index in [2.05, 4.69) is 25.3 Å². The first-order valence-electron chi connectivity index (χ1n) is 6.72. The smallest absolute Gasteiger partial charge is 0.222 e. The highest BCUT2D eigenvalue weighted by Gasteiger charge is 2.21. The van der Waals surface area contributed by atoms with Crippen molar-refractivity contribution in [3.05, 3.63) is 12.2 Å². The van der Waals surface area contributed by atoms with Crippen molar-refractivity contribution in [2.75, 3.05) is 5.32 Å². The second-order valence-electron chi connectivity index (χ2n) is 5.05. The van der Waals surface area contributed by atoms with E-state index >= 15 is 0 Å². The van der Waals surface area contributed by atoms with Crippen molar-refractivity contribution in [1.29, 1.82) is 0 Å². The maximum Gasteiger partial charge on any atom is 0.222 e. The molecule has 0 aliphatic heterocycles. The second-order valence-corrected chi connectivity index (χ2v) is 5.05. The standard InChI is InChI=1S/C13H17N5O/c1-8(19)16-13-10-12(15-7-14-10)17-11(18-13)9-5-3-2-4-6-9/h7,9H,2-6H2,1H3,(H2,14,15,16,17,18,19). The van der Waals surface area contributed by atoms with Crippen LogP contribution in [0.2, 0.25) is 0 Å². The van der Waals surface area contributed by atoms with Crippen molar-refractivity contribution in [1.82, 2.24) is 19.9 Å². The number of hydrogen-bond donors (Lipinski definition) is 2. The number of anilines is 1. The SMILES string of the molecule is CC(=O)Nc1nc(C2CCCCC2)nc2nc[nH]c12. The largest absolute Gasteiger partial charge is 0.340 e. The van der Waals surface area contributed by atoms with Gasteiger partial charge >= 0.3 is 0 Å². The predicted octanol–water partition coefficient (Wildman–Crippen LogP) is 2.36. The Morgan fingerprint density at radius 1 is 1.32 bits per heavy atom. The molecule has 3 rings (SSSR count). The Kier molecular flexibility index (Phi) is 3.15. The molecule has 1 fully saturated rings. The van der Waals surface area contributed by atoms with E-state index in [1.54, 1.807) is 6.33 Å². The molecule has 2 N–H and O–H groups in total. The molecule has 6 nitrogen and oxygen atoms in total. The Labute approximate surface area is 111 Å². The number of imidazole rings is 1. The van der Waals surface area contributed by atoms with Gasteiger partial charge in [-0.25, -0.2) is 15.0 Å². The van der Waals surface area contributed by atoms with Gasteiger partial charge in [0, 0.05) is 12.8 Å². The fourth-order valence-electron chi connectivity index (χ4n) is 2.65. The van der Waals surface area contributed by atoms with Crippen LogP contribution >= 0.6 is 0 Å². The van der Waals surface area contributed by atoms with Crippen molar-refractivity contribution in [2.45, 2.75) is 44.9 Å². The lowest BCUT2D eigenvalue weighted by Gasteiger charge is -2.20. The van der Waals surface area contributed by atoms with Crippen molar-refractivity contribution >= 4 is 22.9 Å². The molecule has 0 atom stereocenters. The number of H-pyrrole nitrogens is 1. The molecule has 1 aliphatic rings. The summed E-state index contributed by atoms with van der Waals surface area (Å²) in [6.07, 6.45) is 7.56. The molecule has 2 aromatic heterocycles. The number of aromatic nitrogens is 4. The maximum atomic E-state index is 11.3. The van der Waals surface area contributed by atoms with E-state index in [1.165, 1.54) is 26.2 Å². The van der Waals surface area contributed by atoms with Gasteiger partial charge in [0.1, 0.15) is 11.3 Å². The van der Waals surface area contributed by atoms with Gasteiger partial charge in [0.15, 0.2) is 11.5 Å². The zero-order valence-electron chi connectivity index (χ0n) is 10.9. The number of carbonyl (C=O) groups is 1. The van der Waals surface area contributed by atoms with E-state index < -0.39 is 0 Å². The van der Waals surface area contributed by atoms with Crippen LogP contribution in [0.15, 0.2) is 6.33 Å². The molecule has 100 valence electrons. The first kappa shape index (κ1) is 12.1. The Balaban J connectivity index is 2.02. The summed E-state index contributed by atoms with van der Waals surface area (Å²) in [4.78, 5) is 27.5. The van der Waals surface area contributed by atoms with Crippen LogP contribution in [0.5, 0.6) is 0 Å². The predicted molar refractivity (Wildman–Crippen MR) is 71.8 cm³/mol. The Morgan fingerprint density at radius 2 is 2.11 bits per heavy atom. The number of carbonyl (C=O) groups excluding carboxylic acids is 1. The summed E-state index contributed by atoms with van der Waals surface area (Å²) in [7, 11) is 0. The molecule has 0 radical (unpaired) electrons. The average Bonchev–Trinajstić information content (AvgIpc) is 2.87. The molecule has 2 aromatic rings. The van der Waals surface area contributed by atoms with Gasteiger partial charge in [-0.05, 0) is 12.8 Å². The highest BCUT2D eigenvalue weighted by atomic mass is 16.1. The third-order valence-electron chi connectivity index (χ3n) is 3.57. The van der Waals surface area contributed by atoms with Gasteiger partial charge in [0.05, 0.1) is 6.33 Å². The van der Waals surface area contributed by atoms with Gasteiger partial charge in [-0.3, -0.25) is 4.79 Å². The van der Waals surface area contributed by atoms with E-state index in [1.807, 2.05) is 0 Å². The van der Waals surface area contributed by atoms with Crippen molar-refractivity contribution in [3.63, 3.8) is 0 Å². The first-order valence-corrected chi connectivity index (χ1v) is 6.72. The van der Waals surface area contributed by atoms with E-state index in [0.717, 1.165) is 18.7 Å². The van der Waals surface area contributed by atoms with Crippen molar-refractivity contribution in [2.24, 2.45) is 0 Å². The topological polar surface area (TPSA) is 83.6 Å². The number of amides is 1. The minimum absolute atomic E-state index is 0.135. The highest BCUT2D eigenvalue weighted by Crippen LogP contribution is 2.32. The van der Waals surface area contributed by atoms with Crippen molar-refractivity contribution < 1.29 is 4.79 Å². The molecule has 0 aromatic carbocycles. The molecule has 0 saturated heterocycles. The number of rotatable bonds is 2. The van der Waals surface area contributed by atoms with Crippen molar-refractivity contribution in [3.8, 4) is 0 Å². The normalized spacial score (nSPS) is 16.7. The van der Waals surface area contributed by atoms with Gasteiger partial charge in [-0.1, -0.05) is 19.3 Å². The van der Waals surface area contributed by atoms with E-state index in [-0.39, 0.29) is 5.91 Å². The van der Waals surface area contributed by atoms with Gasteiger partial charge in [0.2, 0.25) is 5.91 Å². The quantitative estimate of drug-likeness (QED) is 0.867. The molecule has 0 spiro atoms. The summed E-state index contributed by atoms with van der Waals surface area (Å²) in [5.41, 5.74) is 1.31. The third kappa shape index (κ3) is 2.43. The van der Waals surface area contributed by atoms with Gasteiger partial charge in [0.25, 0.3) is 0 Å². The van der Waals surface area contributed by atoms with Gasteiger partial charge in [-0.15, -0.1) is 0 Å². The highest BCUT2D eigenvalue weighted by molar-refractivity contribution is 5.95. The lowest BCUT2D eigenvalue weighted by molar-refractivity contribution is -0.114. The Bertz CT molecular complexity index is 600. The maximum absolute atomic E-state index is 11.3. The second kappa shape index (κ2) is 4.95. The van der Waals surface area contributed by atoms with Crippen LogP contribution < -0.4 is 5.32 Å². The Hall–Kier alpha value is -1.98. The number of nitrogens with one attached hydrogen (secondary N) is 2. The molecule has 2 heterocycles. The molecule has 0 unspecified atom stereocenters. The molecular weight excluding hydrogens is 242 g/mol. The molecule has 0 bridgehead atoms. The van der Waals surface area contributed by atoms with E-state index in [0.29, 0.717) is 22.9 Å². The van der Waals surface area contributed by atoms with E-state index in [4.69, 9.17) is 0 Å². The van der Waals surface area contributed by atoms with Gasteiger partial charge < -0.3 is 10.3 Å². The summed E-state index contributed by atoms with van der Waals surface area (Å²) in [6, 6.07) is 0. The number of nitrogens with zero attached hydrogens (tertiary/aromatic N) is 3. The molecule has 1 saturated carbocycles. The first-order chi connectivity index (χ1) is 9.24. The fourth-order valence-corrected chi connectivity index (χ4v) is 2.65. The molecule has 1 amide bonds. The van der Waals surface area contributed by atoms with Crippen LogP contribution in [-0.4, -0.2) is 25.8 Å². The number of hydrogen-bond acceptors (Lipinski definition) is 4. The lowest BCUT2D eigenvalue weighted by Crippen LogP contribution is -2.13. The average molecular weight is 259 g/mol. The molecule has 6 heteroatoms.